The zero-order valence-corrected chi connectivity index (χ0v) is 22.1. The normalized spacial score (nSPS) is 17.4. The molecule has 0 aliphatic carbocycles. The number of nitrogens with two attached hydrogens (primary N) is 1. The molecule has 3 N–H and O–H groups in total. The molecule has 36 heavy (non-hydrogen) atoms. The molecular weight excluding hydrogens is 474 g/mol. The molecule has 1 saturated heterocycles. The van der Waals surface area contributed by atoms with Gasteiger partial charge < -0.3 is 10.6 Å². The van der Waals surface area contributed by atoms with Crippen LogP contribution < -0.4 is 15.4 Å². The van der Waals surface area contributed by atoms with Crippen molar-refractivity contribution in [3.63, 3.8) is 0 Å². The quantitative estimate of drug-likeness (QED) is 0.501. The number of nitrogens with zero attached hydrogens (tertiary/aromatic N) is 3. The highest BCUT2D eigenvalue weighted by atomic mass is 32.2. The van der Waals surface area contributed by atoms with Gasteiger partial charge in [-0.25, -0.2) is 14.7 Å². The zero-order valence-electron chi connectivity index (χ0n) is 21.3. The van der Waals surface area contributed by atoms with Crippen LogP contribution in [0.15, 0.2) is 59.6 Å². The maximum absolute atomic E-state index is 13.3. The summed E-state index contributed by atoms with van der Waals surface area (Å²) >= 11 is 0. The van der Waals surface area contributed by atoms with Gasteiger partial charge in [-0.1, -0.05) is 51.1 Å². The second-order valence-corrected chi connectivity index (χ2v) is 12.0. The number of nitrogen functional groups attached to an aromatic ring is 1. The Bertz CT molecular complexity index is 1380. The molecule has 4 rings (SSSR count). The molecule has 1 atom stereocenters. The van der Waals surface area contributed by atoms with Crippen LogP contribution in [0.2, 0.25) is 0 Å². The van der Waals surface area contributed by atoms with Crippen molar-refractivity contribution in [3.8, 4) is 11.3 Å². The summed E-state index contributed by atoms with van der Waals surface area (Å²) in [6.07, 6.45) is 0.925. The number of sulfonamides is 1. The number of hydrogen-bond donors (Lipinski definition) is 2. The van der Waals surface area contributed by atoms with E-state index in [1.807, 2.05) is 12.1 Å². The van der Waals surface area contributed by atoms with Gasteiger partial charge in [0.15, 0.2) is 5.03 Å². The molecule has 0 saturated carbocycles. The van der Waals surface area contributed by atoms with Gasteiger partial charge >= 0.3 is 0 Å². The van der Waals surface area contributed by atoms with Crippen LogP contribution in [0.4, 0.5) is 11.6 Å². The van der Waals surface area contributed by atoms with Crippen LogP contribution in [0.25, 0.3) is 11.3 Å². The Balaban J connectivity index is 1.75. The first-order valence-corrected chi connectivity index (χ1v) is 13.5. The van der Waals surface area contributed by atoms with Crippen LogP contribution in [0, 0.1) is 5.92 Å². The molecule has 0 radical (unpaired) electrons. The van der Waals surface area contributed by atoms with E-state index in [1.165, 1.54) is 23.8 Å². The van der Waals surface area contributed by atoms with Crippen LogP contribution in [0.5, 0.6) is 0 Å². The van der Waals surface area contributed by atoms with Crippen LogP contribution >= 0.6 is 0 Å². The minimum absolute atomic E-state index is 0.0494. The summed E-state index contributed by atoms with van der Waals surface area (Å²) in [6.45, 7) is 11.4. The Hall–Kier alpha value is -3.46. The monoisotopic (exact) mass is 507 g/mol. The molecule has 1 amide bonds. The third-order valence-electron chi connectivity index (χ3n) is 6.57. The van der Waals surface area contributed by atoms with Gasteiger partial charge in [-0.2, -0.15) is 8.42 Å². The molecular formula is C27H33N5O3S. The molecule has 1 aromatic carbocycles. The number of carbonyl (C=O) groups excluding carboxylic acids is 1. The fourth-order valence-electron chi connectivity index (χ4n) is 4.80. The predicted octanol–water partition coefficient (Wildman–Crippen LogP) is 4.59. The summed E-state index contributed by atoms with van der Waals surface area (Å²) in [4.78, 5) is 24.2. The van der Waals surface area contributed by atoms with Crippen molar-refractivity contribution in [1.29, 1.82) is 0 Å². The maximum atomic E-state index is 13.3. The number of aromatic nitrogens is 2. The Morgan fingerprint density at radius 2 is 1.78 bits per heavy atom. The third kappa shape index (κ3) is 5.21. The van der Waals surface area contributed by atoms with E-state index in [4.69, 9.17) is 10.7 Å². The first-order valence-electron chi connectivity index (χ1n) is 12.1. The van der Waals surface area contributed by atoms with E-state index in [1.54, 1.807) is 12.1 Å². The van der Waals surface area contributed by atoms with Gasteiger partial charge in [0.25, 0.3) is 15.9 Å². The summed E-state index contributed by atoms with van der Waals surface area (Å²) in [5.74, 6) is 0.555. The number of benzene rings is 1. The van der Waals surface area contributed by atoms with E-state index < -0.39 is 15.9 Å². The SMILES string of the molecule is CC(C)c1ccc(-c2ccc(C(=O)NS(=O)(=O)c3cccc(N)n3)c(N3C[C@@H](C)CC3(C)C)n2)cc1. The minimum Gasteiger partial charge on any atom is -0.384 e. The Morgan fingerprint density at radius 3 is 2.36 bits per heavy atom. The fraction of sp³-hybridized carbons (Fsp3) is 0.370. The van der Waals surface area contributed by atoms with Crippen LogP contribution in [-0.4, -0.2) is 36.4 Å². The summed E-state index contributed by atoms with van der Waals surface area (Å²) in [6, 6.07) is 15.8. The van der Waals surface area contributed by atoms with Crippen LogP contribution in [-0.2, 0) is 10.0 Å². The number of anilines is 2. The summed E-state index contributed by atoms with van der Waals surface area (Å²) in [5, 5.41) is -0.317. The van der Waals surface area contributed by atoms with Gasteiger partial charge in [0.2, 0.25) is 0 Å². The van der Waals surface area contributed by atoms with Crippen molar-refractivity contribution < 1.29 is 13.2 Å². The Kier molecular flexibility index (Phi) is 6.79. The van der Waals surface area contributed by atoms with Gasteiger partial charge in [-0.05, 0) is 61.9 Å². The highest BCUT2D eigenvalue weighted by molar-refractivity contribution is 7.90. The first kappa shape index (κ1) is 25.6. The molecule has 8 nitrogen and oxygen atoms in total. The smallest absolute Gasteiger partial charge is 0.281 e. The van der Waals surface area contributed by atoms with Crippen LogP contribution in [0.1, 0.15) is 62.9 Å². The molecule has 190 valence electrons. The standard InChI is InChI=1S/C27H33N5O3S/c1-17(2)19-9-11-20(12-10-19)22-14-13-21(25(29-22)32-16-18(3)15-27(32,4)5)26(33)31-36(34,35)24-8-6-7-23(28)30-24/h6-14,17-18H,15-16H2,1-5H3,(H2,28,30)(H,31,33)/t18-/m0/s1. The van der Waals surface area contributed by atoms with Gasteiger partial charge in [-0.3, -0.25) is 4.79 Å². The number of rotatable bonds is 6. The van der Waals surface area contributed by atoms with E-state index in [9.17, 15) is 13.2 Å². The molecule has 1 aliphatic rings. The lowest BCUT2D eigenvalue weighted by molar-refractivity contribution is 0.0981. The molecule has 3 heterocycles. The topological polar surface area (TPSA) is 118 Å². The number of pyridine rings is 2. The molecule has 3 aromatic rings. The second-order valence-electron chi connectivity index (χ2n) is 10.4. The van der Waals surface area contributed by atoms with E-state index in [0.29, 0.717) is 29.9 Å². The lowest BCUT2D eigenvalue weighted by atomic mass is 9.97. The van der Waals surface area contributed by atoms with Crippen molar-refractivity contribution in [2.75, 3.05) is 17.2 Å². The maximum Gasteiger partial charge on any atom is 0.281 e. The van der Waals surface area contributed by atoms with Crippen molar-refractivity contribution in [1.82, 2.24) is 14.7 Å². The van der Waals surface area contributed by atoms with Gasteiger partial charge in [-0.15, -0.1) is 0 Å². The van der Waals surface area contributed by atoms with Gasteiger partial charge in [0, 0.05) is 17.6 Å². The largest absolute Gasteiger partial charge is 0.384 e. The average molecular weight is 508 g/mol. The first-order chi connectivity index (χ1) is 16.9. The fourth-order valence-corrected chi connectivity index (χ4v) is 5.74. The van der Waals surface area contributed by atoms with Crippen molar-refractivity contribution in [2.45, 2.75) is 57.5 Å². The number of nitrogens with one attached hydrogen (secondary N) is 1. The van der Waals surface area contributed by atoms with E-state index in [-0.39, 0.29) is 21.9 Å². The molecule has 9 heteroatoms. The minimum atomic E-state index is -4.22. The summed E-state index contributed by atoms with van der Waals surface area (Å²) in [7, 11) is -4.22. The molecule has 0 spiro atoms. The van der Waals surface area contributed by atoms with Crippen LogP contribution in [0.3, 0.4) is 0 Å². The molecule has 1 aliphatic heterocycles. The van der Waals surface area contributed by atoms with E-state index in [0.717, 1.165) is 12.0 Å². The third-order valence-corrected chi connectivity index (χ3v) is 7.80. The van der Waals surface area contributed by atoms with E-state index >= 15 is 0 Å². The molecule has 0 bridgehead atoms. The van der Waals surface area contributed by atoms with Crippen molar-refractivity contribution in [3.05, 3.63) is 65.7 Å². The number of hydrogen-bond acceptors (Lipinski definition) is 7. The number of carbonyl (C=O) groups is 1. The Labute approximate surface area is 213 Å². The lowest BCUT2D eigenvalue weighted by Crippen LogP contribution is -2.41. The van der Waals surface area contributed by atoms with Gasteiger partial charge in [0.05, 0.1) is 11.3 Å². The second kappa shape index (κ2) is 9.54. The van der Waals surface area contributed by atoms with Crippen molar-refractivity contribution in [2.24, 2.45) is 5.92 Å². The Morgan fingerprint density at radius 1 is 1.08 bits per heavy atom. The van der Waals surface area contributed by atoms with E-state index in [2.05, 4.69) is 61.4 Å². The zero-order chi connectivity index (χ0) is 26.3. The highest BCUT2D eigenvalue weighted by Crippen LogP contribution is 2.38. The van der Waals surface area contributed by atoms with Gasteiger partial charge in [0.1, 0.15) is 11.6 Å². The molecule has 1 fully saturated rings. The van der Waals surface area contributed by atoms with Crippen molar-refractivity contribution >= 4 is 27.6 Å². The lowest BCUT2D eigenvalue weighted by Gasteiger charge is -2.34. The summed E-state index contributed by atoms with van der Waals surface area (Å²) in [5.41, 5.74) is 8.44. The number of amides is 1. The molecule has 2 aromatic heterocycles. The highest BCUT2D eigenvalue weighted by Gasteiger charge is 2.39. The summed E-state index contributed by atoms with van der Waals surface area (Å²) < 4.78 is 27.9. The molecule has 0 unspecified atom stereocenters. The predicted molar refractivity (Wildman–Crippen MR) is 142 cm³/mol. The average Bonchev–Trinajstić information content (AvgIpc) is 3.10.